The van der Waals surface area contributed by atoms with Crippen LogP contribution in [0, 0.1) is 0 Å². The van der Waals surface area contributed by atoms with E-state index in [1.807, 2.05) is 53.9 Å². The fourth-order valence-corrected chi connectivity index (χ4v) is 4.66. The molecule has 8 heteroatoms. The molecular weight excluding hydrogens is 472 g/mol. The molecule has 176 valence electrons. The van der Waals surface area contributed by atoms with Crippen LogP contribution in [0.3, 0.4) is 0 Å². The van der Waals surface area contributed by atoms with Crippen molar-refractivity contribution >= 4 is 34.8 Å². The molecule has 6 nitrogen and oxygen atoms in total. The second-order valence-electron chi connectivity index (χ2n) is 7.80. The van der Waals surface area contributed by atoms with Gasteiger partial charge in [0.2, 0.25) is 18.6 Å². The molecule has 0 N–H and O–H groups in total. The first-order chi connectivity index (χ1) is 16.5. The molecule has 0 saturated heterocycles. The standard InChI is InChI=1S/C26H25ClN2O4S/c1-2-12-28(26(31)25(27)20-7-4-3-5-8-20)17-24(30)29(16-21-9-6-13-34-21)15-19-10-11-22-23(14-19)33-18-32-22/h2-11,13-14,25H,1,12,15-18H2. The fourth-order valence-electron chi connectivity index (χ4n) is 3.66. The molecule has 0 radical (unpaired) electrons. The van der Waals surface area contributed by atoms with Crippen LogP contribution in [0.2, 0.25) is 0 Å². The van der Waals surface area contributed by atoms with Crippen molar-refractivity contribution in [2.45, 2.75) is 18.5 Å². The van der Waals surface area contributed by atoms with Crippen LogP contribution in [-0.2, 0) is 22.7 Å². The molecule has 1 aliphatic heterocycles. The highest BCUT2D eigenvalue weighted by Crippen LogP contribution is 2.33. The van der Waals surface area contributed by atoms with Crippen LogP contribution in [0.15, 0.2) is 78.7 Å². The highest BCUT2D eigenvalue weighted by Gasteiger charge is 2.27. The van der Waals surface area contributed by atoms with Gasteiger partial charge in [-0.15, -0.1) is 29.5 Å². The molecule has 1 aromatic heterocycles. The van der Waals surface area contributed by atoms with Gasteiger partial charge in [0.25, 0.3) is 0 Å². The van der Waals surface area contributed by atoms with Crippen molar-refractivity contribution in [3.63, 3.8) is 0 Å². The third-order valence-corrected chi connectivity index (χ3v) is 6.69. The van der Waals surface area contributed by atoms with E-state index in [0.717, 1.165) is 10.4 Å². The molecule has 1 atom stereocenters. The van der Waals surface area contributed by atoms with E-state index >= 15 is 0 Å². The maximum Gasteiger partial charge on any atom is 0.245 e. The van der Waals surface area contributed by atoms with Crippen LogP contribution in [0.4, 0.5) is 0 Å². The summed E-state index contributed by atoms with van der Waals surface area (Å²) in [7, 11) is 0. The zero-order valence-corrected chi connectivity index (χ0v) is 20.1. The van der Waals surface area contributed by atoms with Crippen LogP contribution in [0.5, 0.6) is 11.5 Å². The second kappa shape index (κ2) is 11.2. The lowest BCUT2D eigenvalue weighted by molar-refractivity contribution is -0.140. The van der Waals surface area contributed by atoms with Gasteiger partial charge in [0.15, 0.2) is 11.5 Å². The Bertz CT molecular complexity index is 1140. The number of alkyl halides is 1. The lowest BCUT2D eigenvalue weighted by Crippen LogP contribution is -2.43. The van der Waals surface area contributed by atoms with E-state index < -0.39 is 5.38 Å². The van der Waals surface area contributed by atoms with Crippen molar-refractivity contribution in [3.8, 4) is 11.5 Å². The molecule has 3 aromatic rings. The molecular formula is C26H25ClN2O4S. The minimum atomic E-state index is -0.881. The van der Waals surface area contributed by atoms with Gasteiger partial charge < -0.3 is 19.3 Å². The first kappa shape index (κ1) is 23.9. The summed E-state index contributed by atoms with van der Waals surface area (Å²) in [5.74, 6) is 0.840. The number of ether oxygens (including phenoxy) is 2. The fraction of sp³-hybridized carbons (Fsp3) is 0.231. The van der Waals surface area contributed by atoms with Gasteiger partial charge in [-0.1, -0.05) is 48.5 Å². The Morgan fingerprint density at radius 2 is 1.82 bits per heavy atom. The Kier molecular flexibility index (Phi) is 7.87. The monoisotopic (exact) mass is 496 g/mol. The predicted molar refractivity (Wildman–Crippen MR) is 133 cm³/mol. The molecule has 2 heterocycles. The van der Waals surface area contributed by atoms with Gasteiger partial charge in [0.1, 0.15) is 11.9 Å². The molecule has 1 aliphatic rings. The van der Waals surface area contributed by atoms with E-state index in [-0.39, 0.29) is 31.7 Å². The SMILES string of the molecule is C=CCN(CC(=O)N(Cc1ccc2c(c1)OCO2)Cc1cccs1)C(=O)C(Cl)c1ccccc1. The third-order valence-electron chi connectivity index (χ3n) is 5.39. The maximum atomic E-state index is 13.5. The van der Waals surface area contributed by atoms with Crippen LogP contribution in [0.25, 0.3) is 0 Å². The van der Waals surface area contributed by atoms with E-state index in [4.69, 9.17) is 21.1 Å². The average molecular weight is 497 g/mol. The lowest BCUT2D eigenvalue weighted by atomic mass is 10.1. The number of hydrogen-bond donors (Lipinski definition) is 0. The molecule has 2 aromatic carbocycles. The Labute approximate surface area is 208 Å². The number of benzene rings is 2. The summed E-state index contributed by atoms with van der Waals surface area (Å²) >= 11 is 8.06. The molecule has 4 rings (SSSR count). The summed E-state index contributed by atoms with van der Waals surface area (Å²) in [6, 6.07) is 18.7. The number of rotatable bonds is 10. The smallest absolute Gasteiger partial charge is 0.245 e. The maximum absolute atomic E-state index is 13.5. The van der Waals surface area contributed by atoms with Gasteiger partial charge >= 0.3 is 0 Å². The molecule has 2 amide bonds. The molecule has 0 bridgehead atoms. The van der Waals surface area contributed by atoms with E-state index in [0.29, 0.717) is 30.2 Å². The topological polar surface area (TPSA) is 59.1 Å². The Morgan fingerprint density at radius 3 is 2.56 bits per heavy atom. The summed E-state index contributed by atoms with van der Waals surface area (Å²) in [6.07, 6.45) is 1.60. The number of hydrogen-bond acceptors (Lipinski definition) is 5. The van der Waals surface area contributed by atoms with Gasteiger partial charge in [-0.2, -0.15) is 0 Å². The molecule has 0 saturated carbocycles. The van der Waals surface area contributed by atoms with E-state index in [1.165, 1.54) is 4.90 Å². The normalized spacial score (nSPS) is 12.7. The number of carbonyl (C=O) groups is 2. The minimum Gasteiger partial charge on any atom is -0.454 e. The van der Waals surface area contributed by atoms with Crippen molar-refractivity contribution in [1.82, 2.24) is 9.80 Å². The number of amides is 2. The van der Waals surface area contributed by atoms with E-state index in [9.17, 15) is 9.59 Å². The molecule has 0 fully saturated rings. The van der Waals surface area contributed by atoms with Crippen LogP contribution in [-0.4, -0.2) is 41.5 Å². The van der Waals surface area contributed by atoms with Gasteiger partial charge in [-0.05, 0) is 34.7 Å². The summed E-state index contributed by atoms with van der Waals surface area (Å²) in [5, 5.41) is 1.10. The highest BCUT2D eigenvalue weighted by atomic mass is 35.5. The number of nitrogens with zero attached hydrogens (tertiary/aromatic N) is 2. The van der Waals surface area contributed by atoms with Gasteiger partial charge in [-0.25, -0.2) is 0 Å². The summed E-state index contributed by atoms with van der Waals surface area (Å²) in [5.41, 5.74) is 1.60. The average Bonchev–Trinajstić information content (AvgIpc) is 3.54. The van der Waals surface area contributed by atoms with Gasteiger partial charge in [0, 0.05) is 18.0 Å². The number of halogens is 1. The third kappa shape index (κ3) is 5.79. The number of carbonyl (C=O) groups excluding carboxylic acids is 2. The minimum absolute atomic E-state index is 0.100. The summed E-state index contributed by atoms with van der Waals surface area (Å²) in [6.45, 7) is 4.86. The second-order valence-corrected chi connectivity index (χ2v) is 9.27. The molecule has 0 aliphatic carbocycles. The zero-order chi connectivity index (χ0) is 23.9. The molecule has 1 unspecified atom stereocenters. The quantitative estimate of drug-likeness (QED) is 0.293. The molecule has 34 heavy (non-hydrogen) atoms. The first-order valence-corrected chi connectivity index (χ1v) is 12.1. The van der Waals surface area contributed by atoms with Crippen molar-refractivity contribution in [1.29, 1.82) is 0 Å². The largest absolute Gasteiger partial charge is 0.454 e. The van der Waals surface area contributed by atoms with Crippen molar-refractivity contribution in [3.05, 3.63) is 94.7 Å². The Morgan fingerprint density at radius 1 is 1.03 bits per heavy atom. The van der Waals surface area contributed by atoms with Crippen molar-refractivity contribution in [2.24, 2.45) is 0 Å². The Balaban J connectivity index is 1.51. The van der Waals surface area contributed by atoms with Crippen molar-refractivity contribution in [2.75, 3.05) is 19.9 Å². The van der Waals surface area contributed by atoms with E-state index in [1.54, 1.807) is 34.4 Å². The first-order valence-electron chi connectivity index (χ1n) is 10.8. The zero-order valence-electron chi connectivity index (χ0n) is 18.6. The lowest BCUT2D eigenvalue weighted by Gasteiger charge is -2.28. The van der Waals surface area contributed by atoms with Gasteiger partial charge in [-0.3, -0.25) is 9.59 Å². The van der Waals surface area contributed by atoms with Crippen LogP contribution in [0.1, 0.15) is 21.4 Å². The summed E-state index contributed by atoms with van der Waals surface area (Å²) in [4.78, 5) is 30.8. The Hall–Kier alpha value is -3.29. The number of fused-ring (bicyclic) bond motifs is 1. The predicted octanol–water partition coefficient (Wildman–Crippen LogP) is 5.00. The van der Waals surface area contributed by atoms with Gasteiger partial charge in [0.05, 0.1) is 6.54 Å². The number of thiophene rings is 1. The van der Waals surface area contributed by atoms with E-state index in [2.05, 4.69) is 6.58 Å². The summed E-state index contributed by atoms with van der Waals surface area (Å²) < 4.78 is 10.9. The van der Waals surface area contributed by atoms with Crippen LogP contribution >= 0.6 is 22.9 Å². The van der Waals surface area contributed by atoms with Crippen molar-refractivity contribution < 1.29 is 19.1 Å². The van der Waals surface area contributed by atoms with Crippen LogP contribution < -0.4 is 9.47 Å². The highest BCUT2D eigenvalue weighted by molar-refractivity contribution is 7.09. The molecule has 0 spiro atoms.